The van der Waals surface area contributed by atoms with Gasteiger partial charge >= 0.3 is 12.1 Å². The van der Waals surface area contributed by atoms with Gasteiger partial charge in [0, 0.05) is 35.5 Å². The number of carbonyl (C=O) groups excluding carboxylic acids is 2. The van der Waals surface area contributed by atoms with Gasteiger partial charge in [0.2, 0.25) is 0 Å². The van der Waals surface area contributed by atoms with Crippen LogP contribution < -0.4 is 10.5 Å². The highest BCUT2D eigenvalue weighted by Gasteiger charge is 2.35. The van der Waals surface area contributed by atoms with Crippen LogP contribution in [0.1, 0.15) is 80.7 Å². The summed E-state index contributed by atoms with van der Waals surface area (Å²) in [6.07, 6.45) is 0.726. The van der Waals surface area contributed by atoms with Crippen LogP contribution in [0.25, 0.3) is 22.3 Å². The minimum atomic E-state index is -1.06. The number of hydrogen-bond acceptors (Lipinski definition) is 8. The van der Waals surface area contributed by atoms with Crippen LogP contribution in [0.2, 0.25) is 0 Å². The first-order chi connectivity index (χ1) is 23.9. The highest BCUT2D eigenvalue weighted by Crippen LogP contribution is 2.45. The lowest BCUT2D eigenvalue weighted by Gasteiger charge is -2.31. The number of fused-ring (bicyclic) bond motifs is 2. The molecule has 0 bridgehead atoms. The molecule has 0 fully saturated rings. The quantitative estimate of drug-likeness (QED) is 0.186. The van der Waals surface area contributed by atoms with E-state index in [2.05, 4.69) is 12.1 Å². The molecule has 2 aliphatic rings. The number of nitrogens with two attached hydrogens (primary N) is 1. The van der Waals surface area contributed by atoms with Crippen molar-refractivity contribution in [1.29, 1.82) is 0 Å². The Kier molecular flexibility index (Phi) is 10.2. The molecule has 0 saturated carbocycles. The summed E-state index contributed by atoms with van der Waals surface area (Å²) in [7, 11) is 0. The van der Waals surface area contributed by atoms with Crippen molar-refractivity contribution in [3.05, 3.63) is 100 Å². The number of aromatic nitrogens is 1. The third-order valence-electron chi connectivity index (χ3n) is 8.92. The maximum Gasteiger partial charge on any atom is 0.410 e. The maximum absolute atomic E-state index is 13.9. The Labute approximate surface area is 294 Å². The number of anilines is 1. The molecule has 50 heavy (non-hydrogen) atoms. The molecule has 1 aromatic heterocycles. The molecule has 262 valence electrons. The van der Waals surface area contributed by atoms with E-state index >= 15 is 0 Å². The Bertz CT molecular complexity index is 1880. The van der Waals surface area contributed by atoms with E-state index < -0.39 is 17.7 Å². The summed E-state index contributed by atoms with van der Waals surface area (Å²) in [5.74, 6) is 0.732. The fourth-order valence-corrected chi connectivity index (χ4v) is 6.72. The number of nitrogens with zero attached hydrogens (tertiary/aromatic N) is 2. The summed E-state index contributed by atoms with van der Waals surface area (Å²) in [5.41, 5.74) is 14.8. The third kappa shape index (κ3) is 7.78. The number of aryl methyl sites for hydroxylation is 2. The Morgan fingerprint density at radius 1 is 0.940 bits per heavy atom. The highest BCUT2D eigenvalue weighted by atomic mass is 16.6. The topological polar surface area (TPSA) is 113 Å². The second-order valence-corrected chi connectivity index (χ2v) is 14.3. The average Bonchev–Trinajstić information content (AvgIpc) is 3.08. The van der Waals surface area contributed by atoms with E-state index in [-0.39, 0.29) is 18.8 Å². The number of amides is 1. The summed E-state index contributed by atoms with van der Waals surface area (Å²) in [4.78, 5) is 33.4. The zero-order valence-electron chi connectivity index (χ0n) is 29.9. The molecular formula is C41H47N3O6. The summed E-state index contributed by atoms with van der Waals surface area (Å²) in [5, 5.41) is 0. The van der Waals surface area contributed by atoms with Crippen molar-refractivity contribution in [3.8, 4) is 28.0 Å². The number of benzene rings is 3. The van der Waals surface area contributed by atoms with Crippen molar-refractivity contribution in [2.45, 2.75) is 91.8 Å². The molecule has 0 unspecified atom stereocenters. The minimum absolute atomic E-state index is 0.228. The van der Waals surface area contributed by atoms with Gasteiger partial charge in [0.1, 0.15) is 18.2 Å². The molecule has 0 saturated heterocycles. The highest BCUT2D eigenvalue weighted by molar-refractivity contribution is 5.95. The van der Waals surface area contributed by atoms with E-state index in [4.69, 9.17) is 29.7 Å². The van der Waals surface area contributed by atoms with E-state index in [0.29, 0.717) is 43.2 Å². The third-order valence-corrected chi connectivity index (χ3v) is 8.92. The van der Waals surface area contributed by atoms with E-state index in [1.54, 1.807) is 4.90 Å². The second-order valence-electron chi connectivity index (χ2n) is 14.3. The lowest BCUT2D eigenvalue weighted by molar-refractivity contribution is -0.171. The molecule has 0 aliphatic carbocycles. The monoisotopic (exact) mass is 677 g/mol. The largest absolute Gasteiger partial charge is 0.493 e. The van der Waals surface area contributed by atoms with E-state index in [9.17, 15) is 9.59 Å². The fourth-order valence-electron chi connectivity index (χ4n) is 6.72. The van der Waals surface area contributed by atoms with Crippen molar-refractivity contribution in [2.75, 3.05) is 18.9 Å². The molecule has 9 heteroatoms. The lowest BCUT2D eigenvalue weighted by atomic mass is 9.85. The molecule has 4 aromatic rings. The second kappa shape index (κ2) is 14.5. The van der Waals surface area contributed by atoms with Crippen LogP contribution >= 0.6 is 0 Å². The average molecular weight is 678 g/mol. The maximum atomic E-state index is 13.9. The number of rotatable bonds is 8. The minimum Gasteiger partial charge on any atom is -0.493 e. The molecule has 1 amide bonds. The summed E-state index contributed by atoms with van der Waals surface area (Å²) in [6.45, 7) is 13.2. The molecule has 1 atom stereocenters. The predicted octanol–water partition coefficient (Wildman–Crippen LogP) is 8.13. The van der Waals surface area contributed by atoms with Crippen molar-refractivity contribution in [1.82, 2.24) is 9.88 Å². The Balaban J connectivity index is 1.43. The van der Waals surface area contributed by atoms with Crippen LogP contribution in [0, 0.1) is 6.92 Å². The standard InChI is InChI=1S/C41H47N3O6/c1-25(2)49-39(45)37(50-41(4,5)6)34-26(3)43-38(42)36(35(34)30-16-17-33-29(22-30)13-10-20-47-33)31-14-15-32-23-44(19-18-28(32)21-31)40(46)48-24-27-11-8-7-9-12-27/h7-9,11-12,14-17,21-22,25,37H,10,13,18-20,23-24H2,1-6H3,(H2,42,43)/t37-/m0/s1. The lowest BCUT2D eigenvalue weighted by Crippen LogP contribution is -2.36. The van der Waals surface area contributed by atoms with Gasteiger partial charge in [-0.05, 0) is 106 Å². The van der Waals surface area contributed by atoms with Gasteiger partial charge in [0.25, 0.3) is 0 Å². The van der Waals surface area contributed by atoms with Gasteiger partial charge in [-0.1, -0.05) is 54.6 Å². The SMILES string of the molecule is Cc1nc(N)c(-c2ccc3c(c2)CCN(C(=O)OCc2ccccc2)C3)c(-c2ccc3c(c2)CCCO3)c1[C@H](OC(C)(C)C)C(=O)OC(C)C. The molecular weight excluding hydrogens is 630 g/mol. The Morgan fingerprint density at radius 2 is 1.66 bits per heavy atom. The van der Waals surface area contributed by atoms with Crippen molar-refractivity contribution in [3.63, 3.8) is 0 Å². The van der Waals surface area contributed by atoms with Gasteiger partial charge in [-0.15, -0.1) is 0 Å². The molecule has 9 nitrogen and oxygen atoms in total. The van der Waals surface area contributed by atoms with Gasteiger partial charge in [-0.25, -0.2) is 14.6 Å². The number of pyridine rings is 1. The van der Waals surface area contributed by atoms with Gasteiger partial charge in [0.05, 0.1) is 18.3 Å². The molecule has 2 aliphatic heterocycles. The van der Waals surface area contributed by atoms with E-state index in [1.807, 2.05) is 96.1 Å². The van der Waals surface area contributed by atoms with E-state index in [1.165, 1.54) is 0 Å². The number of carbonyl (C=O) groups is 2. The van der Waals surface area contributed by atoms with Gasteiger partial charge in [-0.2, -0.15) is 0 Å². The number of ether oxygens (including phenoxy) is 4. The summed E-state index contributed by atoms with van der Waals surface area (Å²) >= 11 is 0. The van der Waals surface area contributed by atoms with E-state index in [0.717, 1.165) is 63.1 Å². The Morgan fingerprint density at radius 3 is 2.40 bits per heavy atom. The van der Waals surface area contributed by atoms with Gasteiger partial charge in [0.15, 0.2) is 6.10 Å². The summed E-state index contributed by atoms with van der Waals surface area (Å²) in [6, 6.07) is 22.0. The normalized spacial score (nSPS) is 14.7. The van der Waals surface area contributed by atoms with Crippen LogP contribution in [0.3, 0.4) is 0 Å². The molecule has 2 N–H and O–H groups in total. The summed E-state index contributed by atoms with van der Waals surface area (Å²) < 4.78 is 23.9. The van der Waals surface area contributed by atoms with Crippen molar-refractivity contribution >= 4 is 17.9 Å². The molecule has 6 rings (SSSR count). The first-order valence-electron chi connectivity index (χ1n) is 17.4. The molecule has 0 radical (unpaired) electrons. The predicted molar refractivity (Wildman–Crippen MR) is 194 cm³/mol. The van der Waals surface area contributed by atoms with Crippen molar-refractivity contribution < 1.29 is 28.5 Å². The van der Waals surface area contributed by atoms with Crippen LogP contribution in [0.4, 0.5) is 10.6 Å². The number of nitrogen functional groups attached to an aromatic ring is 1. The van der Waals surface area contributed by atoms with Crippen LogP contribution in [0.5, 0.6) is 5.75 Å². The smallest absolute Gasteiger partial charge is 0.410 e. The van der Waals surface area contributed by atoms with Crippen LogP contribution in [0.15, 0.2) is 66.7 Å². The molecule has 3 aromatic carbocycles. The van der Waals surface area contributed by atoms with Crippen LogP contribution in [-0.4, -0.2) is 46.8 Å². The zero-order chi connectivity index (χ0) is 35.6. The Hall–Kier alpha value is -4.89. The molecule has 3 heterocycles. The first kappa shape index (κ1) is 35.0. The number of hydrogen-bond donors (Lipinski definition) is 1. The zero-order valence-corrected chi connectivity index (χ0v) is 29.9. The number of esters is 1. The van der Waals surface area contributed by atoms with Crippen LogP contribution in [-0.2, 0) is 45.0 Å². The van der Waals surface area contributed by atoms with Crippen molar-refractivity contribution in [2.24, 2.45) is 0 Å². The van der Waals surface area contributed by atoms with Gasteiger partial charge < -0.3 is 29.6 Å². The molecule has 0 spiro atoms. The van der Waals surface area contributed by atoms with Gasteiger partial charge in [-0.3, -0.25) is 0 Å². The fraction of sp³-hybridized carbons (Fsp3) is 0.390. The first-order valence-corrected chi connectivity index (χ1v) is 17.4.